The molecule has 0 unspecified atom stereocenters. The van der Waals surface area contributed by atoms with Crippen LogP contribution in [0.4, 0.5) is 0 Å². The average Bonchev–Trinajstić information content (AvgIpc) is 2.44. The molecule has 2 aromatic rings. The third-order valence-corrected chi connectivity index (χ3v) is 3.43. The predicted molar refractivity (Wildman–Crippen MR) is 72.2 cm³/mol. The van der Waals surface area contributed by atoms with Gasteiger partial charge in [-0.3, -0.25) is 14.6 Å². The van der Waals surface area contributed by atoms with Crippen LogP contribution in [0.25, 0.3) is 0 Å². The summed E-state index contributed by atoms with van der Waals surface area (Å²) < 4.78 is 5.01. The topological polar surface area (TPSA) is 96.7 Å². The second-order valence-electron chi connectivity index (χ2n) is 4.73. The molecule has 0 aliphatic heterocycles. The number of ketones is 2. The van der Waals surface area contributed by atoms with Crippen molar-refractivity contribution in [3.05, 3.63) is 46.3 Å². The summed E-state index contributed by atoms with van der Waals surface area (Å²) in [6, 6.07) is 2.48. The highest BCUT2D eigenvalue weighted by molar-refractivity contribution is 6.30. The van der Waals surface area contributed by atoms with Crippen LogP contribution in [0.2, 0.25) is 0 Å². The first-order chi connectivity index (χ1) is 9.95. The molecule has 0 radical (unpaired) electrons. The van der Waals surface area contributed by atoms with Crippen molar-refractivity contribution in [2.75, 3.05) is 7.11 Å². The molecule has 0 fully saturated rings. The van der Waals surface area contributed by atoms with Crippen LogP contribution in [-0.2, 0) is 0 Å². The SMILES string of the molecule is COc1c(O)cc(O)c2c1C(=O)c1cc(C)ncc1C2=O. The quantitative estimate of drug-likeness (QED) is 0.704. The van der Waals surface area contributed by atoms with E-state index in [1.54, 1.807) is 6.92 Å². The highest BCUT2D eigenvalue weighted by Gasteiger charge is 2.36. The fraction of sp³-hybridized carbons (Fsp3) is 0.133. The largest absolute Gasteiger partial charge is 0.507 e. The summed E-state index contributed by atoms with van der Waals surface area (Å²) >= 11 is 0. The lowest BCUT2D eigenvalue weighted by Gasteiger charge is -2.21. The number of rotatable bonds is 1. The summed E-state index contributed by atoms with van der Waals surface area (Å²) in [5.74, 6) is -2.01. The molecular formula is C15H11NO5. The molecule has 21 heavy (non-hydrogen) atoms. The summed E-state index contributed by atoms with van der Waals surface area (Å²) in [5, 5.41) is 19.7. The van der Waals surface area contributed by atoms with Crippen LogP contribution in [0.3, 0.4) is 0 Å². The molecule has 1 aromatic carbocycles. The van der Waals surface area contributed by atoms with Gasteiger partial charge in [-0.15, -0.1) is 0 Å². The molecule has 0 amide bonds. The van der Waals surface area contributed by atoms with Gasteiger partial charge in [0, 0.05) is 23.5 Å². The third kappa shape index (κ3) is 1.69. The lowest BCUT2D eigenvalue weighted by molar-refractivity contribution is 0.0973. The number of benzene rings is 1. The summed E-state index contributed by atoms with van der Waals surface area (Å²) in [7, 11) is 1.28. The molecule has 1 aliphatic carbocycles. The number of carbonyl (C=O) groups is 2. The van der Waals surface area contributed by atoms with Gasteiger partial charge < -0.3 is 14.9 Å². The lowest BCUT2D eigenvalue weighted by Crippen LogP contribution is -2.22. The summed E-state index contributed by atoms with van der Waals surface area (Å²) in [4.78, 5) is 29.1. The number of phenols is 2. The Morgan fingerprint density at radius 2 is 1.67 bits per heavy atom. The van der Waals surface area contributed by atoms with Crippen molar-refractivity contribution in [1.29, 1.82) is 0 Å². The summed E-state index contributed by atoms with van der Waals surface area (Å²) in [6.45, 7) is 1.70. The van der Waals surface area contributed by atoms with Gasteiger partial charge in [0.25, 0.3) is 0 Å². The number of hydrogen-bond acceptors (Lipinski definition) is 6. The molecule has 1 aromatic heterocycles. The standard InChI is InChI=1S/C15H11NO5/c1-6-3-7-8(5-16-6)14(20)11-9(17)4-10(18)15(21-2)12(11)13(7)19/h3-5,17-18H,1-2H3. The van der Waals surface area contributed by atoms with Crippen LogP contribution in [0, 0.1) is 6.92 Å². The number of pyridine rings is 1. The number of aromatic nitrogens is 1. The van der Waals surface area contributed by atoms with Gasteiger partial charge in [-0.05, 0) is 13.0 Å². The van der Waals surface area contributed by atoms with E-state index in [-0.39, 0.29) is 28.0 Å². The fourth-order valence-electron chi connectivity index (χ4n) is 2.49. The van der Waals surface area contributed by atoms with E-state index in [9.17, 15) is 19.8 Å². The first-order valence-corrected chi connectivity index (χ1v) is 6.14. The predicted octanol–water partition coefficient (Wildman–Crippen LogP) is 1.59. The number of nitrogens with zero attached hydrogens (tertiary/aromatic N) is 1. The van der Waals surface area contributed by atoms with Crippen molar-refractivity contribution < 1.29 is 24.5 Å². The van der Waals surface area contributed by atoms with E-state index >= 15 is 0 Å². The van der Waals surface area contributed by atoms with Crippen LogP contribution >= 0.6 is 0 Å². The van der Waals surface area contributed by atoms with Crippen LogP contribution < -0.4 is 4.74 Å². The zero-order chi connectivity index (χ0) is 15.3. The van der Waals surface area contributed by atoms with Crippen molar-refractivity contribution in [3.63, 3.8) is 0 Å². The Labute approximate surface area is 119 Å². The number of carbonyl (C=O) groups excluding carboxylic acids is 2. The van der Waals surface area contributed by atoms with E-state index < -0.39 is 23.1 Å². The number of fused-ring (bicyclic) bond motifs is 2. The van der Waals surface area contributed by atoms with E-state index in [0.29, 0.717) is 5.69 Å². The number of aryl methyl sites for hydroxylation is 1. The van der Waals surface area contributed by atoms with E-state index in [1.807, 2.05) is 0 Å². The molecular weight excluding hydrogens is 274 g/mol. The van der Waals surface area contributed by atoms with Gasteiger partial charge in [-0.2, -0.15) is 0 Å². The maximum absolute atomic E-state index is 12.6. The number of phenolic OH excluding ortho intramolecular Hbond substituents is 2. The number of ether oxygens (including phenoxy) is 1. The molecule has 6 nitrogen and oxygen atoms in total. The number of aromatic hydroxyl groups is 2. The minimum atomic E-state index is -0.525. The molecule has 2 N–H and O–H groups in total. The van der Waals surface area contributed by atoms with E-state index in [4.69, 9.17) is 4.74 Å². The smallest absolute Gasteiger partial charge is 0.199 e. The maximum atomic E-state index is 12.6. The zero-order valence-corrected chi connectivity index (χ0v) is 11.3. The molecule has 3 rings (SSSR count). The zero-order valence-electron chi connectivity index (χ0n) is 11.3. The van der Waals surface area contributed by atoms with E-state index in [1.165, 1.54) is 19.4 Å². The minimum Gasteiger partial charge on any atom is -0.507 e. The third-order valence-electron chi connectivity index (χ3n) is 3.43. The fourth-order valence-corrected chi connectivity index (χ4v) is 2.49. The van der Waals surface area contributed by atoms with E-state index in [2.05, 4.69) is 4.98 Å². The van der Waals surface area contributed by atoms with Crippen LogP contribution in [0.1, 0.15) is 37.5 Å². The van der Waals surface area contributed by atoms with Crippen LogP contribution in [0.5, 0.6) is 17.2 Å². The first kappa shape index (κ1) is 13.1. The van der Waals surface area contributed by atoms with Crippen LogP contribution in [0.15, 0.2) is 18.3 Å². The molecule has 1 heterocycles. The first-order valence-electron chi connectivity index (χ1n) is 6.14. The summed E-state index contributed by atoms with van der Waals surface area (Å²) in [5.41, 5.74) is 0.594. The maximum Gasteiger partial charge on any atom is 0.199 e. The van der Waals surface area contributed by atoms with Gasteiger partial charge in [0.05, 0.1) is 23.8 Å². The minimum absolute atomic E-state index is 0.124. The monoisotopic (exact) mass is 285 g/mol. The molecule has 0 saturated carbocycles. The molecule has 0 saturated heterocycles. The van der Waals surface area contributed by atoms with E-state index in [0.717, 1.165) is 6.07 Å². The van der Waals surface area contributed by atoms with Gasteiger partial charge in [0.2, 0.25) is 0 Å². The Bertz CT molecular complexity index is 810. The molecule has 6 heteroatoms. The second-order valence-corrected chi connectivity index (χ2v) is 4.73. The van der Waals surface area contributed by atoms with Crippen molar-refractivity contribution in [3.8, 4) is 17.2 Å². The number of hydrogen-bond donors (Lipinski definition) is 2. The van der Waals surface area contributed by atoms with Gasteiger partial charge >= 0.3 is 0 Å². The van der Waals surface area contributed by atoms with Crippen molar-refractivity contribution in [1.82, 2.24) is 4.98 Å². The Hall–Kier alpha value is -2.89. The average molecular weight is 285 g/mol. The molecule has 0 atom stereocenters. The summed E-state index contributed by atoms with van der Waals surface area (Å²) in [6.07, 6.45) is 1.31. The second kappa shape index (κ2) is 4.31. The number of methoxy groups -OCH3 is 1. The van der Waals surface area contributed by atoms with Gasteiger partial charge in [-0.1, -0.05) is 0 Å². The van der Waals surface area contributed by atoms with Gasteiger partial charge in [0.15, 0.2) is 23.1 Å². The lowest BCUT2D eigenvalue weighted by atomic mass is 9.83. The highest BCUT2D eigenvalue weighted by Crippen LogP contribution is 2.43. The van der Waals surface area contributed by atoms with Crippen molar-refractivity contribution in [2.45, 2.75) is 6.92 Å². The van der Waals surface area contributed by atoms with Crippen molar-refractivity contribution >= 4 is 11.6 Å². The Kier molecular flexibility index (Phi) is 2.69. The normalized spacial score (nSPS) is 12.9. The molecule has 1 aliphatic rings. The van der Waals surface area contributed by atoms with Gasteiger partial charge in [-0.25, -0.2) is 0 Å². The molecule has 0 spiro atoms. The van der Waals surface area contributed by atoms with Gasteiger partial charge in [0.1, 0.15) is 5.75 Å². The Morgan fingerprint density at radius 1 is 1.00 bits per heavy atom. The molecule has 106 valence electrons. The molecule has 0 bridgehead atoms. The Morgan fingerprint density at radius 3 is 2.33 bits per heavy atom. The van der Waals surface area contributed by atoms with Crippen LogP contribution in [-0.4, -0.2) is 33.9 Å². The Balaban J connectivity index is 2.40. The highest BCUT2D eigenvalue weighted by atomic mass is 16.5. The van der Waals surface area contributed by atoms with Crippen molar-refractivity contribution in [2.24, 2.45) is 0 Å².